The van der Waals surface area contributed by atoms with Crippen LogP contribution in [0.15, 0.2) is 36.7 Å². The van der Waals surface area contributed by atoms with Gasteiger partial charge in [-0.2, -0.15) is 0 Å². The van der Waals surface area contributed by atoms with Crippen LogP contribution in [0.1, 0.15) is 12.5 Å². The lowest BCUT2D eigenvalue weighted by Gasteiger charge is -2.38. The molecule has 0 bridgehead atoms. The van der Waals surface area contributed by atoms with Crippen molar-refractivity contribution in [3.63, 3.8) is 0 Å². The minimum Gasteiger partial charge on any atom is -0.508 e. The van der Waals surface area contributed by atoms with E-state index < -0.39 is 5.82 Å². The molecule has 0 aliphatic carbocycles. The monoisotopic (exact) mass is 441 g/mol. The Kier molecular flexibility index (Phi) is 4.35. The predicted octanol–water partition coefficient (Wildman–Crippen LogP) is 3.23. The molecule has 8 heteroatoms. The minimum atomic E-state index is -0.610. The Morgan fingerprint density at radius 1 is 1.27 bits per heavy atom. The van der Waals surface area contributed by atoms with Gasteiger partial charge in [0.1, 0.15) is 40.6 Å². The highest BCUT2D eigenvalue weighted by molar-refractivity contribution is 6.04. The third-order valence-electron chi connectivity index (χ3n) is 6.44. The topological polar surface area (TPSA) is 83.4 Å². The van der Waals surface area contributed by atoms with Crippen LogP contribution in [0.4, 0.5) is 10.2 Å². The Morgan fingerprint density at radius 2 is 2.15 bits per heavy atom. The number of halogens is 1. The number of nitrogens with one attached hydrogen (secondary N) is 1. The van der Waals surface area contributed by atoms with E-state index in [1.165, 1.54) is 12.4 Å². The van der Waals surface area contributed by atoms with Gasteiger partial charge in [0.2, 0.25) is 5.88 Å². The SMILES string of the molecule is C#Cc1cccc2cc(O)cc(-c3nc4c5c(ncnc5c3F)N3CCNC[C@H]3[C@H](C)O4)c12. The van der Waals surface area contributed by atoms with Gasteiger partial charge >= 0.3 is 0 Å². The number of phenols is 1. The second kappa shape index (κ2) is 7.29. The van der Waals surface area contributed by atoms with Gasteiger partial charge in [0.25, 0.3) is 0 Å². The number of aromatic nitrogens is 3. The molecule has 1 fully saturated rings. The van der Waals surface area contributed by atoms with Crippen molar-refractivity contribution >= 4 is 27.5 Å². The zero-order chi connectivity index (χ0) is 22.7. The number of terminal acetylenes is 1. The fraction of sp³-hybridized carbons (Fsp3) is 0.240. The number of piperazine rings is 1. The second-order valence-corrected chi connectivity index (χ2v) is 8.33. The number of hydrogen-bond donors (Lipinski definition) is 2. The summed E-state index contributed by atoms with van der Waals surface area (Å²) in [5, 5.41) is 15.5. The number of fused-ring (bicyclic) bond motifs is 3. The Balaban J connectivity index is 1.69. The molecular weight excluding hydrogens is 421 g/mol. The fourth-order valence-electron chi connectivity index (χ4n) is 4.92. The molecule has 7 nitrogen and oxygen atoms in total. The van der Waals surface area contributed by atoms with Crippen LogP contribution in [0, 0.1) is 18.2 Å². The number of anilines is 1. The van der Waals surface area contributed by atoms with Crippen molar-refractivity contribution in [2.45, 2.75) is 19.1 Å². The first kappa shape index (κ1) is 19.7. The van der Waals surface area contributed by atoms with Gasteiger partial charge in [0, 0.05) is 36.1 Å². The first-order valence-corrected chi connectivity index (χ1v) is 10.8. The molecule has 2 aliphatic rings. The van der Waals surface area contributed by atoms with E-state index in [0.717, 1.165) is 19.6 Å². The van der Waals surface area contributed by atoms with E-state index in [4.69, 9.17) is 11.2 Å². The number of rotatable bonds is 1. The molecule has 0 radical (unpaired) electrons. The molecular formula is C25H20FN5O2. The summed E-state index contributed by atoms with van der Waals surface area (Å²) in [6.45, 7) is 4.21. The Bertz CT molecular complexity index is 1480. The molecule has 1 saturated heterocycles. The molecule has 2 aromatic heterocycles. The molecule has 4 aromatic rings. The van der Waals surface area contributed by atoms with Crippen molar-refractivity contribution in [3.8, 4) is 35.2 Å². The van der Waals surface area contributed by atoms with Crippen molar-refractivity contribution in [2.75, 3.05) is 24.5 Å². The van der Waals surface area contributed by atoms with Crippen molar-refractivity contribution in [1.82, 2.24) is 20.3 Å². The van der Waals surface area contributed by atoms with Crippen LogP contribution in [0.5, 0.6) is 11.6 Å². The van der Waals surface area contributed by atoms with Crippen LogP contribution in [-0.4, -0.2) is 51.8 Å². The van der Waals surface area contributed by atoms with Crippen molar-refractivity contribution in [1.29, 1.82) is 0 Å². The predicted molar refractivity (Wildman–Crippen MR) is 124 cm³/mol. The number of pyridine rings is 1. The van der Waals surface area contributed by atoms with Gasteiger partial charge in [0.15, 0.2) is 5.82 Å². The van der Waals surface area contributed by atoms with Crippen LogP contribution in [0.25, 0.3) is 32.9 Å². The van der Waals surface area contributed by atoms with Crippen molar-refractivity contribution in [2.24, 2.45) is 0 Å². The van der Waals surface area contributed by atoms with Gasteiger partial charge in [-0.25, -0.2) is 19.3 Å². The summed E-state index contributed by atoms with van der Waals surface area (Å²) >= 11 is 0. The average Bonchev–Trinajstić information content (AvgIpc) is 2.95. The van der Waals surface area contributed by atoms with Crippen LogP contribution in [0.2, 0.25) is 0 Å². The van der Waals surface area contributed by atoms with Crippen molar-refractivity contribution < 1.29 is 14.2 Å². The normalized spacial score (nSPS) is 19.6. The number of hydrogen-bond acceptors (Lipinski definition) is 7. The maximum Gasteiger partial charge on any atom is 0.227 e. The highest BCUT2D eigenvalue weighted by Crippen LogP contribution is 2.42. The van der Waals surface area contributed by atoms with E-state index in [2.05, 4.69) is 31.1 Å². The fourth-order valence-corrected chi connectivity index (χ4v) is 4.92. The highest BCUT2D eigenvalue weighted by Gasteiger charge is 2.36. The number of benzene rings is 2. The maximum absolute atomic E-state index is 16.1. The molecule has 0 unspecified atom stereocenters. The largest absolute Gasteiger partial charge is 0.508 e. The smallest absolute Gasteiger partial charge is 0.227 e. The second-order valence-electron chi connectivity index (χ2n) is 8.33. The molecule has 0 saturated carbocycles. The molecule has 33 heavy (non-hydrogen) atoms. The van der Waals surface area contributed by atoms with E-state index in [0.29, 0.717) is 33.1 Å². The number of nitrogens with zero attached hydrogens (tertiary/aromatic N) is 4. The van der Waals surface area contributed by atoms with Crippen molar-refractivity contribution in [3.05, 3.63) is 48.0 Å². The van der Waals surface area contributed by atoms with Gasteiger partial charge in [0.05, 0.1) is 6.04 Å². The quantitative estimate of drug-likeness (QED) is 0.439. The number of aromatic hydroxyl groups is 1. The molecule has 2 aliphatic heterocycles. The Hall–Kier alpha value is -3.96. The summed E-state index contributed by atoms with van der Waals surface area (Å²) in [6.07, 6.45) is 6.89. The van der Waals surface area contributed by atoms with E-state index in [1.807, 2.05) is 13.0 Å². The molecule has 2 atom stereocenters. The summed E-state index contributed by atoms with van der Waals surface area (Å²) < 4.78 is 22.3. The maximum atomic E-state index is 16.1. The Morgan fingerprint density at radius 3 is 3.00 bits per heavy atom. The molecule has 4 heterocycles. The van der Waals surface area contributed by atoms with Gasteiger partial charge in [-0.3, -0.25) is 0 Å². The first-order valence-electron chi connectivity index (χ1n) is 10.8. The zero-order valence-electron chi connectivity index (χ0n) is 17.8. The van der Waals surface area contributed by atoms with E-state index >= 15 is 4.39 Å². The zero-order valence-corrected chi connectivity index (χ0v) is 17.8. The lowest BCUT2D eigenvalue weighted by atomic mass is 9.96. The lowest BCUT2D eigenvalue weighted by molar-refractivity contribution is 0.175. The Labute approximate surface area is 189 Å². The summed E-state index contributed by atoms with van der Waals surface area (Å²) in [6, 6.07) is 8.48. The first-order chi connectivity index (χ1) is 16.1. The van der Waals surface area contributed by atoms with Crippen LogP contribution in [-0.2, 0) is 0 Å². The highest BCUT2D eigenvalue weighted by atomic mass is 19.1. The summed E-state index contributed by atoms with van der Waals surface area (Å²) in [5.41, 5.74) is 1.11. The minimum absolute atomic E-state index is 0.0142. The van der Waals surface area contributed by atoms with Crippen LogP contribution < -0.4 is 15.0 Å². The van der Waals surface area contributed by atoms with E-state index in [9.17, 15) is 5.11 Å². The molecule has 6 rings (SSSR count). The molecule has 0 amide bonds. The standard InChI is InChI=1S/C25H20FN5O2/c1-3-14-5-4-6-15-9-16(32)10-17(19(14)15)22-21(26)23-20-24(29-12-28-23)31-8-7-27-11-18(31)13(2)33-25(20)30-22/h1,4-6,9-10,12-13,18,27,32H,7-8,11H2,2H3/t13-,18-/m0/s1. The lowest BCUT2D eigenvalue weighted by Crippen LogP contribution is -2.56. The van der Waals surface area contributed by atoms with Gasteiger partial charge < -0.3 is 20.1 Å². The summed E-state index contributed by atoms with van der Waals surface area (Å²) in [4.78, 5) is 15.5. The van der Waals surface area contributed by atoms with Crippen LogP contribution >= 0.6 is 0 Å². The summed E-state index contributed by atoms with van der Waals surface area (Å²) in [7, 11) is 0. The molecule has 0 spiro atoms. The van der Waals surface area contributed by atoms with Gasteiger partial charge in [-0.15, -0.1) is 6.42 Å². The summed E-state index contributed by atoms with van der Waals surface area (Å²) in [5.74, 6) is 2.92. The number of phenolic OH excluding ortho intramolecular Hbond substituents is 1. The third kappa shape index (κ3) is 2.90. The average molecular weight is 441 g/mol. The van der Waals surface area contributed by atoms with E-state index in [1.54, 1.807) is 18.2 Å². The van der Waals surface area contributed by atoms with Gasteiger partial charge in [-0.05, 0) is 30.5 Å². The van der Waals surface area contributed by atoms with Gasteiger partial charge in [-0.1, -0.05) is 18.1 Å². The molecule has 2 N–H and O–H groups in total. The van der Waals surface area contributed by atoms with E-state index in [-0.39, 0.29) is 35.0 Å². The van der Waals surface area contributed by atoms with Crippen LogP contribution in [0.3, 0.4) is 0 Å². The molecule has 2 aromatic carbocycles. The number of ether oxygens (including phenoxy) is 1. The molecule has 164 valence electrons. The third-order valence-corrected chi connectivity index (χ3v) is 6.44.